The van der Waals surface area contributed by atoms with E-state index in [0.717, 1.165) is 10.4 Å². The van der Waals surface area contributed by atoms with Gasteiger partial charge in [0.05, 0.1) is 5.57 Å². The molecule has 1 aliphatic rings. The number of thiophene rings is 1. The number of aliphatic hydroxyl groups excluding tert-OH is 1. The van der Waals surface area contributed by atoms with Gasteiger partial charge in [-0.2, -0.15) is 0 Å². The standard InChI is InChI=1S/C22H16ClNO3S/c1-13-4-6-14(7-5-13)20(25)18-19(17-3-2-12-28-17)24(22(27)21(18)26)16-10-8-15(23)9-11-16/h2-12,19,25H,1H3/b20-18-. The van der Waals surface area contributed by atoms with Gasteiger partial charge in [0.25, 0.3) is 11.7 Å². The Balaban J connectivity index is 1.91. The first-order chi connectivity index (χ1) is 13.5. The van der Waals surface area contributed by atoms with Crippen LogP contribution in [0.3, 0.4) is 0 Å². The molecule has 140 valence electrons. The van der Waals surface area contributed by atoms with Gasteiger partial charge in [0, 0.05) is 21.2 Å². The second-order valence-electron chi connectivity index (χ2n) is 6.53. The van der Waals surface area contributed by atoms with Gasteiger partial charge in [-0.3, -0.25) is 14.5 Å². The van der Waals surface area contributed by atoms with Gasteiger partial charge < -0.3 is 5.11 Å². The lowest BCUT2D eigenvalue weighted by molar-refractivity contribution is -0.132. The van der Waals surface area contributed by atoms with E-state index >= 15 is 0 Å². The number of nitrogens with zero attached hydrogens (tertiary/aromatic N) is 1. The van der Waals surface area contributed by atoms with Crippen molar-refractivity contribution in [1.82, 2.24) is 0 Å². The van der Waals surface area contributed by atoms with Crippen molar-refractivity contribution >= 4 is 46.1 Å². The molecule has 1 amide bonds. The molecule has 1 N–H and O–H groups in total. The molecule has 0 saturated carbocycles. The molecule has 1 unspecified atom stereocenters. The molecule has 1 aliphatic heterocycles. The number of hydrogen-bond acceptors (Lipinski definition) is 4. The lowest BCUT2D eigenvalue weighted by Gasteiger charge is -2.24. The van der Waals surface area contributed by atoms with Crippen LogP contribution < -0.4 is 4.90 Å². The van der Waals surface area contributed by atoms with Crippen molar-refractivity contribution < 1.29 is 14.7 Å². The highest BCUT2D eigenvalue weighted by molar-refractivity contribution is 7.10. The van der Waals surface area contributed by atoms with Crippen LogP contribution in [0.1, 0.15) is 22.0 Å². The Kier molecular flexibility index (Phi) is 4.79. The van der Waals surface area contributed by atoms with Gasteiger partial charge in [-0.05, 0) is 42.6 Å². The van der Waals surface area contributed by atoms with E-state index in [1.54, 1.807) is 36.4 Å². The van der Waals surface area contributed by atoms with Crippen LogP contribution in [0.15, 0.2) is 71.6 Å². The van der Waals surface area contributed by atoms with Gasteiger partial charge in [-0.25, -0.2) is 0 Å². The summed E-state index contributed by atoms with van der Waals surface area (Å²) < 4.78 is 0. The van der Waals surface area contributed by atoms with E-state index < -0.39 is 17.7 Å². The highest BCUT2D eigenvalue weighted by atomic mass is 35.5. The van der Waals surface area contributed by atoms with Crippen LogP contribution in [-0.4, -0.2) is 16.8 Å². The molecule has 28 heavy (non-hydrogen) atoms. The average Bonchev–Trinajstić information content (AvgIpc) is 3.30. The van der Waals surface area contributed by atoms with Gasteiger partial charge in [0.1, 0.15) is 11.8 Å². The topological polar surface area (TPSA) is 57.6 Å². The summed E-state index contributed by atoms with van der Waals surface area (Å²) in [7, 11) is 0. The predicted molar refractivity (Wildman–Crippen MR) is 112 cm³/mol. The van der Waals surface area contributed by atoms with Crippen LogP contribution in [-0.2, 0) is 9.59 Å². The predicted octanol–water partition coefficient (Wildman–Crippen LogP) is 5.34. The van der Waals surface area contributed by atoms with Crippen molar-refractivity contribution in [1.29, 1.82) is 0 Å². The molecule has 1 fully saturated rings. The van der Waals surface area contributed by atoms with Crippen LogP contribution in [0.25, 0.3) is 5.76 Å². The van der Waals surface area contributed by atoms with E-state index in [2.05, 4.69) is 0 Å². The molecule has 4 nitrogen and oxygen atoms in total. The molecular formula is C22H16ClNO3S. The minimum absolute atomic E-state index is 0.0891. The van der Waals surface area contributed by atoms with Crippen molar-refractivity contribution in [2.75, 3.05) is 4.90 Å². The number of hydrogen-bond donors (Lipinski definition) is 1. The molecule has 4 rings (SSSR count). The molecule has 0 bridgehead atoms. The number of halogens is 1. The third-order valence-corrected chi connectivity index (χ3v) is 5.86. The Morgan fingerprint density at radius 3 is 2.32 bits per heavy atom. The van der Waals surface area contributed by atoms with E-state index in [4.69, 9.17) is 11.6 Å². The average molecular weight is 410 g/mol. The normalized spacial score (nSPS) is 18.6. The van der Waals surface area contributed by atoms with Crippen LogP contribution in [0.5, 0.6) is 0 Å². The number of aliphatic hydroxyl groups is 1. The fraction of sp³-hybridized carbons (Fsp3) is 0.0909. The Morgan fingerprint density at radius 2 is 1.71 bits per heavy atom. The molecule has 6 heteroatoms. The van der Waals surface area contributed by atoms with Gasteiger partial charge in [0.2, 0.25) is 0 Å². The van der Waals surface area contributed by atoms with E-state index in [9.17, 15) is 14.7 Å². The van der Waals surface area contributed by atoms with Crippen LogP contribution >= 0.6 is 22.9 Å². The number of carbonyl (C=O) groups excluding carboxylic acids is 2. The van der Waals surface area contributed by atoms with Crippen molar-refractivity contribution in [3.8, 4) is 0 Å². The summed E-state index contributed by atoms with van der Waals surface area (Å²) >= 11 is 7.40. The highest BCUT2D eigenvalue weighted by Gasteiger charge is 2.47. The fourth-order valence-electron chi connectivity index (χ4n) is 3.28. The Morgan fingerprint density at radius 1 is 1.04 bits per heavy atom. The van der Waals surface area contributed by atoms with Crippen molar-refractivity contribution in [3.05, 3.63) is 92.6 Å². The van der Waals surface area contributed by atoms with Gasteiger partial charge in [0.15, 0.2) is 0 Å². The zero-order chi connectivity index (χ0) is 19.8. The van der Waals surface area contributed by atoms with E-state index in [-0.39, 0.29) is 11.3 Å². The van der Waals surface area contributed by atoms with Gasteiger partial charge in [-0.1, -0.05) is 47.5 Å². The quantitative estimate of drug-likeness (QED) is 0.361. The monoisotopic (exact) mass is 409 g/mol. The molecule has 2 heterocycles. The lowest BCUT2D eigenvalue weighted by Crippen LogP contribution is -2.29. The number of rotatable bonds is 3. The van der Waals surface area contributed by atoms with Crippen LogP contribution in [0, 0.1) is 6.92 Å². The summed E-state index contributed by atoms with van der Waals surface area (Å²) in [6.07, 6.45) is 0. The summed E-state index contributed by atoms with van der Waals surface area (Å²) in [4.78, 5) is 28.0. The summed E-state index contributed by atoms with van der Waals surface area (Å²) in [6.45, 7) is 1.94. The van der Waals surface area contributed by atoms with Gasteiger partial charge >= 0.3 is 0 Å². The molecule has 3 aromatic rings. The maximum absolute atomic E-state index is 12.9. The van der Waals surface area contributed by atoms with Gasteiger partial charge in [-0.15, -0.1) is 11.3 Å². The maximum atomic E-state index is 12.9. The minimum Gasteiger partial charge on any atom is -0.507 e. The Labute approximate surface area is 171 Å². The molecule has 0 spiro atoms. The summed E-state index contributed by atoms with van der Waals surface area (Å²) in [5.41, 5.74) is 2.17. The summed E-state index contributed by atoms with van der Waals surface area (Å²) in [5, 5.41) is 13.4. The molecule has 1 aromatic heterocycles. The Bertz CT molecular complexity index is 1070. The molecular weight excluding hydrogens is 394 g/mol. The van der Waals surface area contributed by atoms with E-state index in [0.29, 0.717) is 16.3 Å². The molecule has 2 aromatic carbocycles. The molecule has 1 saturated heterocycles. The summed E-state index contributed by atoms with van der Waals surface area (Å²) in [6, 6.07) is 16.9. The van der Waals surface area contributed by atoms with E-state index in [1.807, 2.05) is 36.6 Å². The minimum atomic E-state index is -0.702. The number of benzene rings is 2. The second-order valence-corrected chi connectivity index (χ2v) is 7.94. The molecule has 1 atom stereocenters. The number of amides is 1. The SMILES string of the molecule is Cc1ccc(/C(O)=C2/C(=O)C(=O)N(c3ccc(Cl)cc3)C2c2cccs2)cc1. The smallest absolute Gasteiger partial charge is 0.300 e. The van der Waals surface area contributed by atoms with Crippen molar-refractivity contribution in [2.24, 2.45) is 0 Å². The van der Waals surface area contributed by atoms with Crippen molar-refractivity contribution in [2.45, 2.75) is 13.0 Å². The first kappa shape index (κ1) is 18.5. The maximum Gasteiger partial charge on any atom is 0.300 e. The zero-order valence-corrected chi connectivity index (χ0v) is 16.5. The highest BCUT2D eigenvalue weighted by Crippen LogP contribution is 2.43. The largest absolute Gasteiger partial charge is 0.507 e. The number of ketones is 1. The number of aryl methyl sites for hydroxylation is 1. The summed E-state index contributed by atoms with van der Waals surface area (Å²) in [5.74, 6) is -1.55. The van der Waals surface area contributed by atoms with Crippen LogP contribution in [0.2, 0.25) is 5.02 Å². The molecule has 0 aliphatic carbocycles. The second kappa shape index (κ2) is 7.26. The van der Waals surface area contributed by atoms with Crippen molar-refractivity contribution in [3.63, 3.8) is 0 Å². The van der Waals surface area contributed by atoms with Crippen LogP contribution in [0.4, 0.5) is 5.69 Å². The number of carbonyl (C=O) groups is 2. The first-order valence-corrected chi connectivity index (χ1v) is 9.90. The van der Waals surface area contributed by atoms with E-state index in [1.165, 1.54) is 16.2 Å². The fourth-order valence-corrected chi connectivity index (χ4v) is 4.23. The lowest BCUT2D eigenvalue weighted by atomic mass is 9.99. The first-order valence-electron chi connectivity index (χ1n) is 8.64. The zero-order valence-electron chi connectivity index (χ0n) is 14.9. The number of Topliss-reactive ketones (excluding diaryl/α,β-unsaturated/α-hetero) is 1. The third kappa shape index (κ3) is 3.13. The number of anilines is 1. The molecule has 0 radical (unpaired) electrons. The Hall–Kier alpha value is -2.89. The third-order valence-electron chi connectivity index (χ3n) is 4.69.